The highest BCUT2D eigenvalue weighted by molar-refractivity contribution is 7.26. The van der Waals surface area contributed by atoms with Gasteiger partial charge in [-0.2, -0.15) is 0 Å². The molecule has 0 atom stereocenters. The smallest absolute Gasteiger partial charge is 0.160 e. The van der Waals surface area contributed by atoms with Crippen molar-refractivity contribution in [2.75, 3.05) is 0 Å². The standard InChI is InChI=1S/C47H29N3S/c1-3-12-30(13-4-1)31-21-23-32(24-22-31)42-29-43(50-47(49-42)33-14-5-2-6-15-33)41-28-35(27-40-37-18-9-10-20-44(37)51-46(40)41)39-26-34-16-7-8-17-36(34)45-38(39)19-11-25-48-45/h1-29H. The second-order valence-electron chi connectivity index (χ2n) is 12.8. The monoisotopic (exact) mass is 667 g/mol. The largest absolute Gasteiger partial charge is 0.256 e. The molecule has 0 spiro atoms. The van der Waals surface area contributed by atoms with E-state index in [-0.39, 0.29) is 0 Å². The molecule has 238 valence electrons. The highest BCUT2D eigenvalue weighted by atomic mass is 32.1. The van der Waals surface area contributed by atoms with Gasteiger partial charge in [0, 0.05) is 53.8 Å². The third-order valence-electron chi connectivity index (χ3n) is 9.72. The lowest BCUT2D eigenvalue weighted by molar-refractivity contribution is 1.19. The van der Waals surface area contributed by atoms with Gasteiger partial charge in [0.25, 0.3) is 0 Å². The van der Waals surface area contributed by atoms with Crippen molar-refractivity contribution in [2.24, 2.45) is 0 Å². The van der Waals surface area contributed by atoms with Crippen LogP contribution in [-0.4, -0.2) is 15.0 Å². The number of hydrogen-bond donors (Lipinski definition) is 0. The van der Waals surface area contributed by atoms with Crippen molar-refractivity contribution in [3.63, 3.8) is 0 Å². The van der Waals surface area contributed by atoms with Crippen LogP contribution in [0.3, 0.4) is 0 Å². The molecule has 0 fully saturated rings. The van der Waals surface area contributed by atoms with Crippen LogP contribution >= 0.6 is 11.3 Å². The first kappa shape index (κ1) is 29.4. The van der Waals surface area contributed by atoms with Crippen LogP contribution in [-0.2, 0) is 0 Å². The maximum Gasteiger partial charge on any atom is 0.160 e. The van der Waals surface area contributed by atoms with Crippen molar-refractivity contribution in [1.29, 1.82) is 0 Å². The summed E-state index contributed by atoms with van der Waals surface area (Å²) in [5.41, 5.74) is 10.6. The molecule has 3 nitrogen and oxygen atoms in total. The van der Waals surface area contributed by atoms with Gasteiger partial charge in [0.1, 0.15) is 0 Å². The molecule has 7 aromatic carbocycles. The summed E-state index contributed by atoms with van der Waals surface area (Å²) in [6.07, 6.45) is 1.89. The van der Waals surface area contributed by atoms with Crippen molar-refractivity contribution < 1.29 is 0 Å². The predicted molar refractivity (Wildman–Crippen MR) is 215 cm³/mol. The number of pyridine rings is 1. The Bertz CT molecular complexity index is 2900. The van der Waals surface area contributed by atoms with Crippen LogP contribution in [0, 0.1) is 0 Å². The number of benzene rings is 7. The van der Waals surface area contributed by atoms with E-state index in [4.69, 9.17) is 15.0 Å². The molecule has 0 N–H and O–H groups in total. The highest BCUT2D eigenvalue weighted by Crippen LogP contribution is 2.45. The number of thiophene rings is 1. The van der Waals surface area contributed by atoms with Gasteiger partial charge in [-0.3, -0.25) is 4.98 Å². The lowest BCUT2D eigenvalue weighted by Crippen LogP contribution is -1.96. The van der Waals surface area contributed by atoms with E-state index in [0.717, 1.165) is 55.5 Å². The van der Waals surface area contributed by atoms with Crippen molar-refractivity contribution >= 4 is 53.2 Å². The Kier molecular flexibility index (Phi) is 7.00. The first-order valence-electron chi connectivity index (χ1n) is 17.1. The van der Waals surface area contributed by atoms with Gasteiger partial charge >= 0.3 is 0 Å². The topological polar surface area (TPSA) is 38.7 Å². The molecule has 51 heavy (non-hydrogen) atoms. The van der Waals surface area contributed by atoms with E-state index >= 15 is 0 Å². The van der Waals surface area contributed by atoms with Gasteiger partial charge in [-0.1, -0.05) is 133 Å². The summed E-state index contributed by atoms with van der Waals surface area (Å²) in [7, 11) is 0. The fourth-order valence-corrected chi connectivity index (χ4v) is 8.44. The number of fused-ring (bicyclic) bond motifs is 6. The molecule has 3 aromatic heterocycles. The number of aromatic nitrogens is 3. The lowest BCUT2D eigenvalue weighted by Gasteiger charge is -2.14. The molecule has 10 aromatic rings. The van der Waals surface area contributed by atoms with Gasteiger partial charge < -0.3 is 0 Å². The predicted octanol–water partition coefficient (Wildman–Crippen LogP) is 12.9. The molecule has 0 saturated carbocycles. The summed E-state index contributed by atoms with van der Waals surface area (Å²) in [4.78, 5) is 15.4. The normalized spacial score (nSPS) is 11.5. The van der Waals surface area contributed by atoms with Gasteiger partial charge in [0.2, 0.25) is 0 Å². The van der Waals surface area contributed by atoms with Crippen LogP contribution in [0.15, 0.2) is 176 Å². The SMILES string of the molecule is c1ccc(-c2ccc(-c3cc(-c4cc(-c5cc6ccccc6c6ncccc56)cc5c4sc4ccccc45)nc(-c4ccccc4)n3)cc2)cc1. The van der Waals surface area contributed by atoms with Crippen molar-refractivity contribution in [3.05, 3.63) is 176 Å². The zero-order chi connectivity index (χ0) is 33.7. The Balaban J connectivity index is 1.24. The van der Waals surface area contributed by atoms with Crippen LogP contribution in [0.2, 0.25) is 0 Å². The van der Waals surface area contributed by atoms with E-state index in [1.165, 1.54) is 36.7 Å². The molecule has 0 amide bonds. The summed E-state index contributed by atoms with van der Waals surface area (Å²) in [5.74, 6) is 0.704. The van der Waals surface area contributed by atoms with Gasteiger partial charge in [0.05, 0.1) is 16.9 Å². The third-order valence-corrected chi connectivity index (χ3v) is 10.9. The molecule has 4 heteroatoms. The molecule has 0 aliphatic heterocycles. The van der Waals surface area contributed by atoms with E-state index in [0.29, 0.717) is 5.82 Å². The molecule has 0 bridgehead atoms. The van der Waals surface area contributed by atoms with Crippen molar-refractivity contribution in [2.45, 2.75) is 0 Å². The Morgan fingerprint density at radius 3 is 1.86 bits per heavy atom. The summed E-state index contributed by atoms with van der Waals surface area (Å²) >= 11 is 1.82. The molecule has 3 heterocycles. The summed E-state index contributed by atoms with van der Waals surface area (Å²) < 4.78 is 2.47. The molecule has 0 unspecified atom stereocenters. The first-order chi connectivity index (χ1) is 25.3. The molecular formula is C47H29N3S. The van der Waals surface area contributed by atoms with E-state index in [9.17, 15) is 0 Å². The zero-order valence-electron chi connectivity index (χ0n) is 27.5. The van der Waals surface area contributed by atoms with E-state index in [2.05, 4.69) is 140 Å². The molecule has 0 saturated heterocycles. The first-order valence-corrected chi connectivity index (χ1v) is 17.9. The number of rotatable bonds is 5. The zero-order valence-corrected chi connectivity index (χ0v) is 28.3. The second kappa shape index (κ2) is 12.1. The van der Waals surface area contributed by atoms with Gasteiger partial charge in [0.15, 0.2) is 5.82 Å². The van der Waals surface area contributed by atoms with Gasteiger partial charge in [-0.25, -0.2) is 9.97 Å². The minimum Gasteiger partial charge on any atom is -0.256 e. The second-order valence-corrected chi connectivity index (χ2v) is 13.9. The van der Waals surface area contributed by atoms with Gasteiger partial charge in [-0.15, -0.1) is 11.3 Å². The van der Waals surface area contributed by atoms with Crippen LogP contribution < -0.4 is 0 Å². The molecule has 0 aliphatic carbocycles. The fraction of sp³-hybridized carbons (Fsp3) is 0. The summed E-state index contributed by atoms with van der Waals surface area (Å²) in [5, 5.41) is 5.93. The number of hydrogen-bond acceptors (Lipinski definition) is 4. The van der Waals surface area contributed by atoms with Crippen LogP contribution in [0.4, 0.5) is 0 Å². The Labute approximate surface area is 299 Å². The third kappa shape index (κ3) is 5.16. The maximum absolute atomic E-state index is 5.32. The van der Waals surface area contributed by atoms with Crippen LogP contribution in [0.1, 0.15) is 0 Å². The van der Waals surface area contributed by atoms with Crippen LogP contribution in [0.25, 0.3) is 98.0 Å². The lowest BCUT2D eigenvalue weighted by atomic mass is 9.92. The average Bonchev–Trinajstić information content (AvgIpc) is 3.59. The van der Waals surface area contributed by atoms with E-state index in [1.54, 1.807) is 0 Å². The molecular weight excluding hydrogens is 639 g/mol. The minimum absolute atomic E-state index is 0.704. The Morgan fingerprint density at radius 1 is 0.392 bits per heavy atom. The van der Waals surface area contributed by atoms with Crippen LogP contribution in [0.5, 0.6) is 0 Å². The Hall–Kier alpha value is -6.49. The number of nitrogens with zero attached hydrogens (tertiary/aromatic N) is 3. The average molecular weight is 668 g/mol. The fourth-order valence-electron chi connectivity index (χ4n) is 7.23. The van der Waals surface area contributed by atoms with Crippen molar-refractivity contribution in [1.82, 2.24) is 15.0 Å². The molecule has 0 radical (unpaired) electrons. The maximum atomic E-state index is 5.32. The summed E-state index contributed by atoms with van der Waals surface area (Å²) in [6.45, 7) is 0. The highest BCUT2D eigenvalue weighted by Gasteiger charge is 2.19. The van der Waals surface area contributed by atoms with Crippen molar-refractivity contribution in [3.8, 4) is 56.2 Å². The quantitative estimate of drug-likeness (QED) is 0.171. The van der Waals surface area contributed by atoms with E-state index in [1.807, 2.05) is 47.9 Å². The summed E-state index contributed by atoms with van der Waals surface area (Å²) in [6, 6.07) is 60.1. The molecule has 10 rings (SSSR count). The van der Waals surface area contributed by atoms with Gasteiger partial charge in [-0.05, 0) is 64.0 Å². The Morgan fingerprint density at radius 2 is 1.04 bits per heavy atom. The molecule has 0 aliphatic rings. The minimum atomic E-state index is 0.704. The van der Waals surface area contributed by atoms with E-state index < -0.39 is 0 Å².